The normalized spacial score (nSPS) is 17.1. The summed E-state index contributed by atoms with van der Waals surface area (Å²) < 4.78 is 5.22. The number of ether oxygens (including phenoxy) is 1. The Hall–Kier alpha value is -2.81. The predicted molar refractivity (Wildman–Crippen MR) is 106 cm³/mol. The van der Waals surface area contributed by atoms with Crippen molar-refractivity contribution in [1.82, 2.24) is 20.4 Å². The molecule has 4 amide bonds. The molecule has 1 aromatic carbocycles. The number of rotatable bonds is 5. The fourth-order valence-electron chi connectivity index (χ4n) is 2.86. The maximum atomic E-state index is 12.7. The molecule has 1 saturated heterocycles. The molecule has 0 aliphatic carbocycles. The van der Waals surface area contributed by atoms with Crippen LogP contribution in [-0.2, 0) is 21.0 Å². The molecule has 9 heteroatoms. The highest BCUT2D eigenvalue weighted by molar-refractivity contribution is 5.88. The van der Waals surface area contributed by atoms with E-state index in [1.807, 2.05) is 30.3 Å². The van der Waals surface area contributed by atoms with Crippen LogP contribution in [-0.4, -0.2) is 64.8 Å². The van der Waals surface area contributed by atoms with Crippen molar-refractivity contribution in [3.63, 3.8) is 0 Å². The highest BCUT2D eigenvalue weighted by Gasteiger charge is 2.38. The lowest BCUT2D eigenvalue weighted by Crippen LogP contribution is -2.60. The topological polar surface area (TPSA) is 91.4 Å². The van der Waals surface area contributed by atoms with Crippen molar-refractivity contribution in [2.24, 2.45) is 0 Å². The lowest BCUT2D eigenvalue weighted by molar-refractivity contribution is -0.158. The molecule has 0 aromatic heterocycles. The van der Waals surface area contributed by atoms with Crippen molar-refractivity contribution in [2.45, 2.75) is 52.4 Å². The first kappa shape index (κ1) is 22.5. The van der Waals surface area contributed by atoms with E-state index in [4.69, 9.17) is 9.57 Å². The molecule has 2 rings (SSSR count). The van der Waals surface area contributed by atoms with Crippen LogP contribution in [0.5, 0.6) is 0 Å². The first-order valence-electron chi connectivity index (χ1n) is 9.64. The van der Waals surface area contributed by atoms with Gasteiger partial charge in [-0.15, -0.1) is 0 Å². The Morgan fingerprint density at radius 3 is 2.48 bits per heavy atom. The summed E-state index contributed by atoms with van der Waals surface area (Å²) in [5.41, 5.74) is 2.76. The Bertz CT molecular complexity index is 719. The maximum absolute atomic E-state index is 12.7. The van der Waals surface area contributed by atoms with Crippen LogP contribution in [0, 0.1) is 0 Å². The number of nitrogens with zero attached hydrogens (tertiary/aromatic N) is 3. The fourth-order valence-corrected chi connectivity index (χ4v) is 2.86. The number of hydrogen-bond acceptors (Lipinski definition) is 5. The fraction of sp³-hybridized carbons (Fsp3) is 0.550. The Balaban J connectivity index is 1.94. The largest absolute Gasteiger partial charge is 0.442 e. The van der Waals surface area contributed by atoms with Crippen LogP contribution in [0.1, 0.15) is 39.7 Å². The SMILES string of the molecule is CCN1C(=O)N(OCc2ccccc2)CC[C@H]1C(=O)NN(C)C(=O)OC(C)(C)C. The molecule has 1 aliphatic heterocycles. The third kappa shape index (κ3) is 6.35. The van der Waals surface area contributed by atoms with Gasteiger partial charge in [0.05, 0.1) is 6.54 Å². The van der Waals surface area contributed by atoms with Gasteiger partial charge in [-0.3, -0.25) is 15.1 Å². The highest BCUT2D eigenvalue weighted by atomic mass is 16.7. The smallest absolute Gasteiger partial charge is 0.428 e. The van der Waals surface area contributed by atoms with Crippen LogP contribution in [0.2, 0.25) is 0 Å². The molecule has 0 bridgehead atoms. The second kappa shape index (κ2) is 9.60. The number of likely N-dealkylation sites (N-methyl/N-ethyl adjacent to an activating group) is 1. The van der Waals surface area contributed by atoms with Gasteiger partial charge >= 0.3 is 12.1 Å². The van der Waals surface area contributed by atoms with E-state index in [-0.39, 0.29) is 19.2 Å². The molecule has 1 aliphatic rings. The highest BCUT2D eigenvalue weighted by Crippen LogP contribution is 2.18. The van der Waals surface area contributed by atoms with E-state index in [0.717, 1.165) is 10.6 Å². The summed E-state index contributed by atoms with van der Waals surface area (Å²) in [6.45, 7) is 7.88. The number of amides is 4. The summed E-state index contributed by atoms with van der Waals surface area (Å²) in [6.07, 6.45) is -0.300. The third-order valence-corrected chi connectivity index (χ3v) is 4.26. The Kier molecular flexibility index (Phi) is 7.44. The molecule has 1 heterocycles. The molecule has 1 fully saturated rings. The quantitative estimate of drug-likeness (QED) is 0.759. The summed E-state index contributed by atoms with van der Waals surface area (Å²) in [7, 11) is 1.40. The van der Waals surface area contributed by atoms with Gasteiger partial charge in [-0.25, -0.2) is 19.7 Å². The predicted octanol–water partition coefficient (Wildman–Crippen LogP) is 2.53. The van der Waals surface area contributed by atoms with E-state index in [1.54, 1.807) is 27.7 Å². The van der Waals surface area contributed by atoms with Crippen LogP contribution >= 0.6 is 0 Å². The maximum Gasteiger partial charge on any atom is 0.428 e. The van der Waals surface area contributed by atoms with Gasteiger partial charge in [-0.1, -0.05) is 30.3 Å². The molecule has 9 nitrogen and oxygen atoms in total. The van der Waals surface area contributed by atoms with E-state index in [2.05, 4.69) is 5.43 Å². The number of nitrogens with one attached hydrogen (secondary N) is 1. The molecule has 0 saturated carbocycles. The molecule has 160 valence electrons. The molecule has 1 aromatic rings. The Morgan fingerprint density at radius 2 is 1.90 bits per heavy atom. The van der Waals surface area contributed by atoms with Crippen molar-refractivity contribution in [3.8, 4) is 0 Å². The van der Waals surface area contributed by atoms with Gasteiger partial charge in [0.15, 0.2) is 0 Å². The Morgan fingerprint density at radius 1 is 1.24 bits per heavy atom. The van der Waals surface area contributed by atoms with E-state index >= 15 is 0 Å². The van der Waals surface area contributed by atoms with Gasteiger partial charge in [0.25, 0.3) is 5.91 Å². The molecule has 0 spiro atoms. The van der Waals surface area contributed by atoms with Crippen LogP contribution in [0.3, 0.4) is 0 Å². The number of hydrazine groups is 1. The lowest BCUT2D eigenvalue weighted by Gasteiger charge is -2.39. The monoisotopic (exact) mass is 406 g/mol. The van der Waals surface area contributed by atoms with E-state index in [0.29, 0.717) is 13.0 Å². The van der Waals surface area contributed by atoms with Crippen molar-refractivity contribution < 1.29 is 24.0 Å². The zero-order valence-corrected chi connectivity index (χ0v) is 17.7. The van der Waals surface area contributed by atoms with E-state index in [9.17, 15) is 14.4 Å². The first-order chi connectivity index (χ1) is 13.6. The number of carbonyl (C=O) groups excluding carboxylic acids is 3. The summed E-state index contributed by atoms with van der Waals surface area (Å²) in [4.78, 5) is 44.5. The lowest BCUT2D eigenvalue weighted by atomic mass is 10.1. The number of urea groups is 1. The van der Waals surface area contributed by atoms with Gasteiger partial charge in [0, 0.05) is 13.6 Å². The minimum absolute atomic E-state index is 0.266. The molecule has 0 radical (unpaired) electrons. The van der Waals surface area contributed by atoms with Gasteiger partial charge in [-0.05, 0) is 39.7 Å². The van der Waals surface area contributed by atoms with Crippen LogP contribution in [0.4, 0.5) is 9.59 Å². The summed E-state index contributed by atoms with van der Waals surface area (Å²) in [5, 5.41) is 2.27. The van der Waals surface area contributed by atoms with Gasteiger partial charge in [0.2, 0.25) is 0 Å². The summed E-state index contributed by atoms with van der Waals surface area (Å²) in [6, 6.07) is 8.45. The second-order valence-corrected chi connectivity index (χ2v) is 7.75. The molecule has 1 atom stereocenters. The van der Waals surface area contributed by atoms with Gasteiger partial charge < -0.3 is 9.64 Å². The summed E-state index contributed by atoms with van der Waals surface area (Å²) in [5.74, 6) is -0.448. The van der Waals surface area contributed by atoms with Crippen molar-refractivity contribution in [2.75, 3.05) is 20.1 Å². The van der Waals surface area contributed by atoms with Crippen LogP contribution < -0.4 is 5.43 Å². The number of benzene rings is 1. The van der Waals surface area contributed by atoms with E-state index < -0.39 is 23.6 Å². The molecular formula is C20H30N4O5. The second-order valence-electron chi connectivity index (χ2n) is 7.75. The molecular weight excluding hydrogens is 376 g/mol. The zero-order valence-electron chi connectivity index (χ0n) is 17.7. The third-order valence-electron chi connectivity index (χ3n) is 4.26. The number of hydrogen-bond donors (Lipinski definition) is 1. The molecule has 0 unspecified atom stereocenters. The van der Waals surface area contributed by atoms with Crippen molar-refractivity contribution in [1.29, 1.82) is 0 Å². The van der Waals surface area contributed by atoms with Crippen LogP contribution in [0.15, 0.2) is 30.3 Å². The standard InChI is InChI=1S/C20H30N4O5/c1-6-23-16(17(25)21-22(5)19(27)29-20(2,3)4)12-13-24(18(23)26)28-14-15-10-8-7-9-11-15/h7-11,16H,6,12-14H2,1-5H3,(H,21,25)/t16-/m0/s1. The minimum Gasteiger partial charge on any atom is -0.442 e. The van der Waals surface area contributed by atoms with Crippen LogP contribution in [0.25, 0.3) is 0 Å². The van der Waals surface area contributed by atoms with Crippen molar-refractivity contribution in [3.05, 3.63) is 35.9 Å². The minimum atomic E-state index is -0.700. The first-order valence-corrected chi connectivity index (χ1v) is 9.64. The zero-order chi connectivity index (χ0) is 21.6. The Labute approximate surface area is 171 Å². The van der Waals surface area contributed by atoms with Gasteiger partial charge in [0.1, 0.15) is 18.2 Å². The number of carbonyl (C=O) groups is 3. The van der Waals surface area contributed by atoms with Crippen molar-refractivity contribution >= 4 is 18.0 Å². The average Bonchev–Trinajstić information content (AvgIpc) is 2.66. The van der Waals surface area contributed by atoms with Gasteiger partial charge in [-0.2, -0.15) is 0 Å². The van der Waals surface area contributed by atoms with E-state index in [1.165, 1.54) is 17.0 Å². The molecule has 29 heavy (non-hydrogen) atoms. The number of hydroxylamine groups is 2. The summed E-state index contributed by atoms with van der Waals surface area (Å²) >= 11 is 0. The average molecular weight is 406 g/mol. The molecule has 1 N–H and O–H groups in total.